The van der Waals surface area contributed by atoms with Crippen LogP contribution >= 0.6 is 47.8 Å². The van der Waals surface area contributed by atoms with E-state index in [9.17, 15) is 0 Å². The third-order valence-electron chi connectivity index (χ3n) is 1.57. The van der Waals surface area contributed by atoms with E-state index in [-0.39, 0.29) is 0 Å². The molecule has 0 N–H and O–H groups in total. The molecule has 0 fully saturated rings. The van der Waals surface area contributed by atoms with Crippen molar-refractivity contribution >= 4 is 47.8 Å². The average Bonchev–Trinajstić information content (AvgIpc) is 2.28. The van der Waals surface area contributed by atoms with Gasteiger partial charge in [0.05, 0.1) is 0 Å². The highest BCUT2D eigenvalue weighted by Gasteiger charge is 1.84. The van der Waals surface area contributed by atoms with Crippen LogP contribution in [0.1, 0.15) is 5.69 Å². The molecule has 2 aromatic heterocycles. The van der Waals surface area contributed by atoms with Crippen LogP contribution in [-0.4, -0.2) is 9.97 Å². The monoisotopic (exact) mass is 406 g/mol. The van der Waals surface area contributed by atoms with Crippen LogP contribution in [0.3, 0.4) is 0 Å². The summed E-state index contributed by atoms with van der Waals surface area (Å²) >= 11 is 9.76. The van der Waals surface area contributed by atoms with Crippen molar-refractivity contribution in [3.63, 3.8) is 0 Å². The summed E-state index contributed by atoms with van der Waals surface area (Å²) in [5.41, 5.74) is 1.05. The molecule has 0 amide bonds. The minimum absolute atomic E-state index is 0.862. The van der Waals surface area contributed by atoms with Crippen molar-refractivity contribution in [2.75, 3.05) is 0 Å². The first-order chi connectivity index (χ1) is 7.58. The summed E-state index contributed by atoms with van der Waals surface area (Å²) in [6.07, 6.45) is 3.53. The zero-order valence-corrected chi connectivity index (χ0v) is 13.3. The van der Waals surface area contributed by atoms with Gasteiger partial charge in [0.15, 0.2) is 0 Å². The average molecular weight is 409 g/mol. The lowest BCUT2D eigenvalue weighted by molar-refractivity contribution is 1.19. The molecule has 2 rings (SSSR count). The van der Waals surface area contributed by atoms with Crippen LogP contribution in [0.5, 0.6) is 0 Å². The van der Waals surface area contributed by atoms with E-state index >= 15 is 0 Å². The Kier molecular flexibility index (Phi) is 6.16. The molecule has 16 heavy (non-hydrogen) atoms. The van der Waals surface area contributed by atoms with Crippen molar-refractivity contribution in [2.45, 2.75) is 6.92 Å². The molecule has 0 saturated carbocycles. The molecule has 2 heterocycles. The van der Waals surface area contributed by atoms with Crippen LogP contribution in [0.4, 0.5) is 0 Å². The fraction of sp³-hybridized carbons (Fsp3) is 0.0909. The topological polar surface area (TPSA) is 25.8 Å². The van der Waals surface area contributed by atoms with Crippen LogP contribution < -0.4 is 0 Å². The first-order valence-electron chi connectivity index (χ1n) is 4.43. The standard InChI is InChI=1S/C6H6BrN.C5H3Br2N/c1-5-2-3-6(7)4-8-5;6-4-1-2-5(7)8-3-4/h2-4H,1H3;1-3H. The third-order valence-corrected chi connectivity index (χ3v) is 2.97. The lowest BCUT2D eigenvalue weighted by Gasteiger charge is -1.87. The van der Waals surface area contributed by atoms with Crippen LogP contribution in [-0.2, 0) is 0 Å². The Balaban J connectivity index is 0.000000160. The lowest BCUT2D eigenvalue weighted by Crippen LogP contribution is -1.75. The molecular weight excluding hydrogens is 400 g/mol. The van der Waals surface area contributed by atoms with Gasteiger partial charge in [0, 0.05) is 27.0 Å². The van der Waals surface area contributed by atoms with E-state index in [1.165, 1.54) is 0 Å². The quantitative estimate of drug-likeness (QED) is 0.587. The highest BCUT2D eigenvalue weighted by atomic mass is 79.9. The normalized spacial score (nSPS) is 9.25. The maximum atomic E-state index is 4.03. The second-order valence-electron chi connectivity index (χ2n) is 2.92. The van der Waals surface area contributed by atoms with Crippen molar-refractivity contribution < 1.29 is 0 Å². The molecule has 2 aromatic rings. The Bertz CT molecular complexity index is 340. The Labute approximate surface area is 120 Å². The summed E-state index contributed by atoms with van der Waals surface area (Å²) < 4.78 is 2.89. The van der Waals surface area contributed by atoms with Crippen molar-refractivity contribution in [2.24, 2.45) is 0 Å². The molecule has 0 aromatic carbocycles. The molecule has 0 bridgehead atoms. The van der Waals surface area contributed by atoms with Gasteiger partial charge in [0.1, 0.15) is 4.60 Å². The molecule has 0 saturated heterocycles. The Morgan fingerprint density at radius 2 is 1.38 bits per heavy atom. The smallest absolute Gasteiger partial charge is 0.106 e. The highest BCUT2D eigenvalue weighted by Crippen LogP contribution is 2.10. The first-order valence-corrected chi connectivity index (χ1v) is 6.81. The fourth-order valence-corrected chi connectivity index (χ4v) is 1.51. The number of aromatic nitrogens is 2. The summed E-state index contributed by atoms with van der Waals surface area (Å²) in [4.78, 5) is 7.98. The van der Waals surface area contributed by atoms with E-state index in [2.05, 4.69) is 57.8 Å². The molecule has 0 spiro atoms. The predicted octanol–water partition coefficient (Wildman–Crippen LogP) is 4.76. The number of nitrogens with zero attached hydrogens (tertiary/aromatic N) is 2. The van der Waals surface area contributed by atoms with Crippen molar-refractivity contribution in [3.05, 3.63) is 55.9 Å². The molecule has 84 valence electrons. The van der Waals surface area contributed by atoms with Gasteiger partial charge in [-0.25, -0.2) is 4.98 Å². The third kappa shape index (κ3) is 5.72. The molecule has 0 aliphatic rings. The number of aryl methyl sites for hydroxylation is 1. The minimum atomic E-state index is 0.862. The predicted molar refractivity (Wildman–Crippen MR) is 76.3 cm³/mol. The zero-order chi connectivity index (χ0) is 12.0. The molecule has 0 radical (unpaired) electrons. The van der Waals surface area contributed by atoms with Gasteiger partial charge < -0.3 is 0 Å². The van der Waals surface area contributed by atoms with Crippen molar-refractivity contribution in [1.29, 1.82) is 0 Å². The van der Waals surface area contributed by atoms with Gasteiger partial charge in [0.25, 0.3) is 0 Å². The van der Waals surface area contributed by atoms with E-state index in [4.69, 9.17) is 0 Å². The van der Waals surface area contributed by atoms with Gasteiger partial charge in [-0.05, 0) is 79.0 Å². The number of rotatable bonds is 0. The highest BCUT2D eigenvalue weighted by molar-refractivity contribution is 9.11. The summed E-state index contributed by atoms with van der Waals surface area (Å²) in [6.45, 7) is 1.96. The largest absolute Gasteiger partial charge is 0.260 e. The fourth-order valence-electron chi connectivity index (χ4n) is 0.808. The number of halogens is 3. The van der Waals surface area contributed by atoms with Crippen LogP contribution in [0, 0.1) is 6.92 Å². The van der Waals surface area contributed by atoms with Gasteiger partial charge in [-0.1, -0.05) is 0 Å². The summed E-state index contributed by atoms with van der Waals surface area (Å²) in [6, 6.07) is 7.74. The maximum Gasteiger partial charge on any atom is 0.106 e. The number of pyridine rings is 2. The first kappa shape index (κ1) is 13.8. The van der Waals surface area contributed by atoms with E-state index in [1.54, 1.807) is 12.4 Å². The van der Waals surface area contributed by atoms with Crippen LogP contribution in [0.25, 0.3) is 0 Å². The number of hydrogen-bond acceptors (Lipinski definition) is 2. The molecule has 0 aliphatic carbocycles. The SMILES string of the molecule is Brc1ccc(Br)nc1.Cc1ccc(Br)cn1. The summed E-state index contributed by atoms with van der Waals surface area (Å²) in [5, 5.41) is 0. The van der Waals surface area contributed by atoms with Crippen LogP contribution in [0.15, 0.2) is 50.2 Å². The number of hydrogen-bond donors (Lipinski definition) is 0. The summed E-state index contributed by atoms with van der Waals surface area (Å²) in [5.74, 6) is 0. The Morgan fingerprint density at radius 1 is 0.812 bits per heavy atom. The van der Waals surface area contributed by atoms with Gasteiger partial charge in [-0.15, -0.1) is 0 Å². The molecule has 2 nitrogen and oxygen atoms in total. The van der Waals surface area contributed by atoms with E-state index in [0.29, 0.717) is 0 Å². The Morgan fingerprint density at radius 3 is 1.69 bits per heavy atom. The van der Waals surface area contributed by atoms with Gasteiger partial charge in [0.2, 0.25) is 0 Å². The summed E-state index contributed by atoms with van der Waals surface area (Å²) in [7, 11) is 0. The maximum absolute atomic E-state index is 4.03. The van der Waals surface area contributed by atoms with E-state index in [0.717, 1.165) is 19.2 Å². The zero-order valence-electron chi connectivity index (χ0n) is 8.49. The van der Waals surface area contributed by atoms with E-state index < -0.39 is 0 Å². The van der Waals surface area contributed by atoms with E-state index in [1.807, 2.05) is 31.2 Å². The second-order valence-corrected chi connectivity index (χ2v) is 5.56. The van der Waals surface area contributed by atoms with Gasteiger partial charge in [-0.2, -0.15) is 0 Å². The molecular formula is C11H9Br3N2. The van der Waals surface area contributed by atoms with Crippen molar-refractivity contribution in [3.8, 4) is 0 Å². The molecule has 0 atom stereocenters. The van der Waals surface area contributed by atoms with Gasteiger partial charge in [-0.3, -0.25) is 4.98 Å². The molecule has 0 unspecified atom stereocenters. The van der Waals surface area contributed by atoms with Crippen LogP contribution in [0.2, 0.25) is 0 Å². The van der Waals surface area contributed by atoms with Crippen molar-refractivity contribution in [1.82, 2.24) is 9.97 Å². The lowest BCUT2D eigenvalue weighted by atomic mass is 10.4. The molecule has 0 aliphatic heterocycles. The second kappa shape index (κ2) is 7.14. The molecule has 5 heteroatoms. The van der Waals surface area contributed by atoms with Gasteiger partial charge >= 0.3 is 0 Å². The minimum Gasteiger partial charge on any atom is -0.260 e. The Hall–Kier alpha value is -0.260.